The summed E-state index contributed by atoms with van der Waals surface area (Å²) in [6, 6.07) is -0.431. The van der Waals surface area contributed by atoms with Crippen LogP contribution in [0.15, 0.2) is 0 Å². The molecule has 1 rings (SSSR count). The van der Waals surface area contributed by atoms with Crippen LogP contribution in [0, 0.1) is 0 Å². The summed E-state index contributed by atoms with van der Waals surface area (Å²) in [5, 5.41) is 2.71. The van der Waals surface area contributed by atoms with Crippen LogP contribution in [-0.4, -0.2) is 31.8 Å². The Labute approximate surface area is 58.5 Å². The fourth-order valence-corrected chi connectivity index (χ4v) is 1.01. The second-order valence-corrected chi connectivity index (χ2v) is 2.32. The van der Waals surface area contributed by atoms with Gasteiger partial charge in [-0.25, -0.2) is 4.39 Å². The van der Waals surface area contributed by atoms with Crippen molar-refractivity contribution in [2.75, 3.05) is 13.7 Å². The average molecular weight is 147 g/mol. The van der Waals surface area contributed by atoms with E-state index >= 15 is 0 Å². The van der Waals surface area contributed by atoms with Crippen LogP contribution in [0.25, 0.3) is 0 Å². The maximum atomic E-state index is 12.4. The number of halogens is 1. The molecule has 1 N–H and O–H groups in total. The summed E-state index contributed by atoms with van der Waals surface area (Å²) in [5.74, 6) is -0.375. The number of carbonyl (C=O) groups is 1. The number of carbonyl (C=O) groups excluding carboxylic acids is 1. The lowest BCUT2D eigenvalue weighted by Crippen LogP contribution is -2.31. The van der Waals surface area contributed by atoms with Crippen molar-refractivity contribution in [3.63, 3.8) is 0 Å². The first-order chi connectivity index (χ1) is 4.74. The molecule has 0 aromatic rings. The first-order valence-electron chi connectivity index (χ1n) is 3.19. The highest BCUT2D eigenvalue weighted by Gasteiger charge is 2.29. The molecule has 3 nitrogen and oxygen atoms in total. The molecule has 2 atom stereocenters. The molecule has 0 radical (unpaired) electrons. The molecule has 0 spiro atoms. The van der Waals surface area contributed by atoms with Gasteiger partial charge in [-0.2, -0.15) is 0 Å². The standard InChI is InChI=1S/C6H10FNO2/c1-10-6(9)5-2-4(7)3-8-5/h4-5,8H,2-3H2,1H3/t4-,5?/m0/s1. The van der Waals surface area contributed by atoms with Gasteiger partial charge < -0.3 is 10.1 Å². The van der Waals surface area contributed by atoms with Gasteiger partial charge in [-0.05, 0) is 0 Å². The molecule has 1 aliphatic rings. The highest BCUT2D eigenvalue weighted by molar-refractivity contribution is 5.76. The van der Waals surface area contributed by atoms with Crippen LogP contribution in [0.5, 0.6) is 0 Å². The molecule has 0 saturated carbocycles. The molecule has 0 bridgehead atoms. The molecule has 0 amide bonds. The van der Waals surface area contributed by atoms with Gasteiger partial charge in [0, 0.05) is 13.0 Å². The Bertz CT molecular complexity index is 140. The molecule has 1 saturated heterocycles. The molecule has 1 aliphatic heterocycles. The van der Waals surface area contributed by atoms with Gasteiger partial charge in [-0.1, -0.05) is 0 Å². The lowest BCUT2D eigenvalue weighted by atomic mass is 10.2. The van der Waals surface area contributed by atoms with Gasteiger partial charge in [-0.3, -0.25) is 4.79 Å². The van der Waals surface area contributed by atoms with E-state index in [0.29, 0.717) is 0 Å². The Morgan fingerprint density at radius 2 is 2.50 bits per heavy atom. The maximum Gasteiger partial charge on any atom is 0.322 e. The number of rotatable bonds is 1. The zero-order valence-corrected chi connectivity index (χ0v) is 5.76. The van der Waals surface area contributed by atoms with E-state index in [1.54, 1.807) is 0 Å². The van der Waals surface area contributed by atoms with Crippen LogP contribution >= 0.6 is 0 Å². The third-order valence-electron chi connectivity index (χ3n) is 1.56. The van der Waals surface area contributed by atoms with Gasteiger partial charge in [0.15, 0.2) is 0 Å². The first-order valence-corrected chi connectivity index (χ1v) is 3.19. The van der Waals surface area contributed by atoms with Crippen molar-refractivity contribution in [3.05, 3.63) is 0 Å². The fraction of sp³-hybridized carbons (Fsp3) is 0.833. The number of hydrogen-bond acceptors (Lipinski definition) is 3. The summed E-state index contributed by atoms with van der Waals surface area (Å²) >= 11 is 0. The molecule has 0 aliphatic carbocycles. The van der Waals surface area contributed by atoms with Gasteiger partial charge >= 0.3 is 5.97 Å². The van der Waals surface area contributed by atoms with Crippen LogP contribution in [0.3, 0.4) is 0 Å². The highest BCUT2D eigenvalue weighted by atomic mass is 19.1. The summed E-state index contributed by atoms with van der Waals surface area (Å²) in [6.07, 6.45) is -0.656. The molecule has 0 aromatic carbocycles. The maximum absolute atomic E-state index is 12.4. The largest absolute Gasteiger partial charge is 0.468 e. The monoisotopic (exact) mass is 147 g/mol. The predicted molar refractivity (Wildman–Crippen MR) is 33.3 cm³/mol. The molecule has 1 heterocycles. The molecular formula is C6H10FNO2. The van der Waals surface area contributed by atoms with E-state index < -0.39 is 12.2 Å². The summed E-state index contributed by atoms with van der Waals surface area (Å²) in [7, 11) is 1.30. The zero-order valence-electron chi connectivity index (χ0n) is 5.76. The highest BCUT2D eigenvalue weighted by Crippen LogP contribution is 2.10. The minimum Gasteiger partial charge on any atom is -0.468 e. The summed E-state index contributed by atoms with van der Waals surface area (Å²) < 4.78 is 16.8. The van der Waals surface area contributed by atoms with E-state index in [9.17, 15) is 9.18 Å². The number of esters is 1. The Kier molecular flexibility index (Phi) is 2.21. The van der Waals surface area contributed by atoms with E-state index in [2.05, 4.69) is 10.1 Å². The van der Waals surface area contributed by atoms with Crippen LogP contribution in [0.1, 0.15) is 6.42 Å². The molecule has 10 heavy (non-hydrogen) atoms. The van der Waals surface area contributed by atoms with Crippen LogP contribution in [-0.2, 0) is 9.53 Å². The summed E-state index contributed by atoms with van der Waals surface area (Å²) in [6.45, 7) is 0.264. The number of methoxy groups -OCH3 is 1. The molecule has 0 aromatic heterocycles. The topological polar surface area (TPSA) is 38.3 Å². The van der Waals surface area contributed by atoms with Crippen molar-refractivity contribution in [2.24, 2.45) is 0 Å². The van der Waals surface area contributed by atoms with Crippen LogP contribution in [0.4, 0.5) is 4.39 Å². The molecule has 1 unspecified atom stereocenters. The SMILES string of the molecule is COC(=O)C1C[C@H](F)CN1. The number of alkyl halides is 1. The van der Waals surface area contributed by atoms with Crippen molar-refractivity contribution < 1.29 is 13.9 Å². The van der Waals surface area contributed by atoms with Crippen molar-refractivity contribution in [2.45, 2.75) is 18.6 Å². The number of hydrogen-bond donors (Lipinski definition) is 1. The lowest BCUT2D eigenvalue weighted by Gasteiger charge is -2.04. The van der Waals surface area contributed by atoms with E-state index in [-0.39, 0.29) is 18.9 Å². The normalized spacial score (nSPS) is 32.2. The Morgan fingerprint density at radius 1 is 1.80 bits per heavy atom. The van der Waals surface area contributed by atoms with Crippen molar-refractivity contribution in [1.29, 1.82) is 0 Å². The lowest BCUT2D eigenvalue weighted by molar-refractivity contribution is -0.142. The summed E-state index contributed by atoms with van der Waals surface area (Å²) in [4.78, 5) is 10.7. The molecule has 4 heteroatoms. The second-order valence-electron chi connectivity index (χ2n) is 2.32. The third kappa shape index (κ3) is 1.44. The van der Waals surface area contributed by atoms with Gasteiger partial charge in [0.1, 0.15) is 12.2 Å². The minimum absolute atomic E-state index is 0.243. The van der Waals surface area contributed by atoms with Gasteiger partial charge in [-0.15, -0.1) is 0 Å². The number of nitrogens with one attached hydrogen (secondary N) is 1. The van der Waals surface area contributed by atoms with Gasteiger partial charge in [0.25, 0.3) is 0 Å². The Balaban J connectivity index is 2.37. The van der Waals surface area contributed by atoms with E-state index in [1.807, 2.05) is 0 Å². The predicted octanol–water partition coefficient (Wildman–Crippen LogP) is -0.141. The third-order valence-corrected chi connectivity index (χ3v) is 1.56. The minimum atomic E-state index is -0.899. The summed E-state index contributed by atoms with van der Waals surface area (Å²) in [5.41, 5.74) is 0. The van der Waals surface area contributed by atoms with Crippen molar-refractivity contribution in [1.82, 2.24) is 5.32 Å². The van der Waals surface area contributed by atoms with Crippen molar-refractivity contribution in [3.8, 4) is 0 Å². The fourth-order valence-electron chi connectivity index (χ4n) is 1.01. The van der Waals surface area contributed by atoms with Gasteiger partial charge in [0.05, 0.1) is 7.11 Å². The van der Waals surface area contributed by atoms with Crippen molar-refractivity contribution >= 4 is 5.97 Å². The zero-order chi connectivity index (χ0) is 7.56. The van der Waals surface area contributed by atoms with E-state index in [4.69, 9.17) is 0 Å². The van der Waals surface area contributed by atoms with Crippen LogP contribution in [0.2, 0.25) is 0 Å². The van der Waals surface area contributed by atoms with E-state index in [0.717, 1.165) is 0 Å². The molecule has 58 valence electrons. The molecular weight excluding hydrogens is 137 g/mol. The first kappa shape index (κ1) is 7.47. The Hall–Kier alpha value is -0.640. The Morgan fingerprint density at radius 3 is 2.90 bits per heavy atom. The van der Waals surface area contributed by atoms with E-state index in [1.165, 1.54) is 7.11 Å². The average Bonchev–Trinajstić information content (AvgIpc) is 2.34. The number of ether oxygens (including phenoxy) is 1. The van der Waals surface area contributed by atoms with Gasteiger partial charge in [0.2, 0.25) is 0 Å². The van der Waals surface area contributed by atoms with Crippen LogP contribution < -0.4 is 5.32 Å². The smallest absolute Gasteiger partial charge is 0.322 e. The quantitative estimate of drug-likeness (QED) is 0.524. The second kappa shape index (κ2) is 2.96. The molecule has 1 fully saturated rings.